The molecule has 0 spiro atoms. The van der Waals surface area contributed by atoms with Crippen molar-refractivity contribution >= 4 is 39.5 Å². The van der Waals surface area contributed by atoms with Gasteiger partial charge in [-0.3, -0.25) is 4.21 Å². The molecule has 0 aliphatic rings. The minimum absolute atomic E-state index is 0.582. The van der Waals surface area contributed by atoms with Crippen LogP contribution in [0.3, 0.4) is 0 Å². The molecule has 1 rings (SSSR count). The second-order valence-corrected chi connectivity index (χ2v) is 3.76. The molecule has 5 heteroatoms. The van der Waals surface area contributed by atoms with E-state index in [1.165, 1.54) is 0 Å². The lowest BCUT2D eigenvalue weighted by Crippen LogP contribution is -2.01. The highest BCUT2D eigenvalue weighted by molar-refractivity contribution is 14.1. The van der Waals surface area contributed by atoms with E-state index in [1.807, 2.05) is 12.1 Å². The van der Waals surface area contributed by atoms with E-state index in [9.17, 15) is 8.76 Å². The molecule has 0 heterocycles. The van der Waals surface area contributed by atoms with Gasteiger partial charge in [-0.15, -0.1) is 0 Å². The van der Waals surface area contributed by atoms with Crippen molar-refractivity contribution in [2.45, 2.75) is 0 Å². The van der Waals surface area contributed by atoms with Crippen molar-refractivity contribution in [2.24, 2.45) is 0 Å². The third-order valence-corrected chi connectivity index (χ3v) is 2.17. The van der Waals surface area contributed by atoms with Crippen LogP contribution in [0.2, 0.25) is 0 Å². The molecule has 1 N–H and O–H groups in total. The Balaban J connectivity index is 2.74. The van der Waals surface area contributed by atoms with Gasteiger partial charge in [0.25, 0.3) is 0 Å². The lowest BCUT2D eigenvalue weighted by atomic mass is 10.3. The van der Waals surface area contributed by atoms with Gasteiger partial charge < -0.3 is 9.27 Å². The largest absolute Gasteiger partial charge is 0.755 e. The molecule has 1 unspecified atom stereocenters. The third-order valence-electron chi connectivity index (χ3n) is 1.05. The zero-order chi connectivity index (χ0) is 8.27. The molecule has 0 radical (unpaired) electrons. The Hall–Kier alpha value is -0.140. The zero-order valence-corrected chi connectivity index (χ0v) is 8.39. The summed E-state index contributed by atoms with van der Waals surface area (Å²) in [6.07, 6.45) is 0. The summed E-state index contributed by atoms with van der Waals surface area (Å²) >= 11 is -0.0772. The molecular formula is C6H5INO2S-. The zero-order valence-electron chi connectivity index (χ0n) is 5.41. The highest BCUT2D eigenvalue weighted by Crippen LogP contribution is 2.10. The molecule has 0 fully saturated rings. The van der Waals surface area contributed by atoms with Crippen molar-refractivity contribution in [1.29, 1.82) is 0 Å². The van der Waals surface area contributed by atoms with Crippen LogP contribution >= 0.6 is 22.6 Å². The second kappa shape index (κ2) is 4.03. The molecule has 0 aromatic heterocycles. The van der Waals surface area contributed by atoms with E-state index < -0.39 is 11.3 Å². The first-order valence-electron chi connectivity index (χ1n) is 2.80. The molecule has 1 atom stereocenters. The maximum atomic E-state index is 10.1. The lowest BCUT2D eigenvalue weighted by molar-refractivity contribution is 0.542. The van der Waals surface area contributed by atoms with Crippen LogP contribution in [0.25, 0.3) is 0 Å². The fraction of sp³-hybridized carbons (Fsp3) is 0. The summed E-state index contributed by atoms with van der Waals surface area (Å²) in [7, 11) is 0. The Morgan fingerprint density at radius 2 is 1.91 bits per heavy atom. The van der Waals surface area contributed by atoms with Crippen LogP contribution < -0.4 is 4.72 Å². The Bertz CT molecular complexity index is 262. The van der Waals surface area contributed by atoms with Gasteiger partial charge >= 0.3 is 0 Å². The highest BCUT2D eigenvalue weighted by Gasteiger charge is 1.89. The quantitative estimate of drug-likeness (QED) is 0.660. The minimum atomic E-state index is -2.23. The molecule has 0 aliphatic heterocycles. The summed E-state index contributed by atoms with van der Waals surface area (Å²) in [5, 5.41) is 0. The van der Waals surface area contributed by atoms with Crippen molar-refractivity contribution in [2.75, 3.05) is 4.72 Å². The van der Waals surface area contributed by atoms with E-state index in [4.69, 9.17) is 0 Å². The number of rotatable bonds is 2. The molecule has 0 saturated heterocycles. The monoisotopic (exact) mass is 282 g/mol. The first-order valence-corrected chi connectivity index (χ1v) is 4.95. The molecule has 11 heavy (non-hydrogen) atoms. The van der Waals surface area contributed by atoms with Crippen molar-refractivity contribution in [3.63, 3.8) is 0 Å². The first-order chi connectivity index (χ1) is 5.18. The maximum Gasteiger partial charge on any atom is 0.0453 e. The van der Waals surface area contributed by atoms with Crippen LogP contribution in [0.5, 0.6) is 0 Å². The van der Waals surface area contributed by atoms with E-state index in [0.717, 1.165) is 3.57 Å². The van der Waals surface area contributed by atoms with Gasteiger partial charge in [0.2, 0.25) is 0 Å². The van der Waals surface area contributed by atoms with Gasteiger partial charge in [-0.05, 0) is 46.9 Å². The van der Waals surface area contributed by atoms with Gasteiger partial charge in [-0.1, -0.05) is 0 Å². The summed E-state index contributed by atoms with van der Waals surface area (Å²) in [4.78, 5) is 0. The van der Waals surface area contributed by atoms with E-state index in [2.05, 4.69) is 27.3 Å². The fourth-order valence-corrected chi connectivity index (χ4v) is 1.30. The molecule has 0 bridgehead atoms. The number of hydrogen-bond acceptors (Lipinski definition) is 2. The Morgan fingerprint density at radius 1 is 1.36 bits per heavy atom. The van der Waals surface area contributed by atoms with E-state index in [-0.39, 0.29) is 0 Å². The SMILES string of the molecule is O=S([O-])Nc1ccc(I)cc1. The molecule has 0 amide bonds. The molecule has 0 aliphatic carbocycles. The standard InChI is InChI=1S/C6H6INO2S/c7-5-1-3-6(4-2-5)8-11(9)10/h1-4,8H,(H,9,10)/p-1. The molecule has 1 aromatic rings. The van der Waals surface area contributed by atoms with E-state index in [1.54, 1.807) is 12.1 Å². The number of nitrogens with one attached hydrogen (secondary N) is 1. The van der Waals surface area contributed by atoms with Gasteiger partial charge in [0.15, 0.2) is 0 Å². The second-order valence-electron chi connectivity index (χ2n) is 1.84. The van der Waals surface area contributed by atoms with Crippen LogP contribution in [-0.4, -0.2) is 8.76 Å². The van der Waals surface area contributed by atoms with Crippen molar-refractivity contribution < 1.29 is 8.76 Å². The Kier molecular flexibility index (Phi) is 3.28. The van der Waals surface area contributed by atoms with Gasteiger partial charge in [-0.2, -0.15) is 0 Å². The van der Waals surface area contributed by atoms with Crippen molar-refractivity contribution in [1.82, 2.24) is 0 Å². The Labute approximate surface area is 80.8 Å². The van der Waals surface area contributed by atoms with Crippen LogP contribution in [0.4, 0.5) is 5.69 Å². The molecule has 3 nitrogen and oxygen atoms in total. The van der Waals surface area contributed by atoms with Crippen LogP contribution in [0.15, 0.2) is 24.3 Å². The summed E-state index contributed by atoms with van der Waals surface area (Å²) in [6, 6.07) is 7.07. The molecule has 0 saturated carbocycles. The summed E-state index contributed by atoms with van der Waals surface area (Å²) < 4.78 is 23.6. The fourth-order valence-electron chi connectivity index (χ4n) is 0.614. The van der Waals surface area contributed by atoms with Crippen LogP contribution in [0, 0.1) is 3.57 Å². The number of anilines is 1. The van der Waals surface area contributed by atoms with Crippen molar-refractivity contribution in [3.8, 4) is 0 Å². The summed E-state index contributed by atoms with van der Waals surface area (Å²) in [5.74, 6) is 0. The Morgan fingerprint density at radius 3 is 2.36 bits per heavy atom. The normalized spacial score (nSPS) is 12.5. The molecule has 60 valence electrons. The number of benzene rings is 1. The smallest absolute Gasteiger partial charge is 0.0453 e. The van der Waals surface area contributed by atoms with Gasteiger partial charge in [-0.25, -0.2) is 0 Å². The predicted molar refractivity (Wildman–Crippen MR) is 51.7 cm³/mol. The predicted octanol–water partition coefficient (Wildman–Crippen LogP) is 1.50. The first kappa shape index (κ1) is 8.95. The topological polar surface area (TPSA) is 52.2 Å². The van der Waals surface area contributed by atoms with E-state index in [0.29, 0.717) is 5.69 Å². The van der Waals surface area contributed by atoms with Gasteiger partial charge in [0, 0.05) is 20.5 Å². The highest BCUT2D eigenvalue weighted by atomic mass is 127. The minimum Gasteiger partial charge on any atom is -0.755 e. The van der Waals surface area contributed by atoms with Crippen LogP contribution in [-0.2, 0) is 11.3 Å². The maximum absolute atomic E-state index is 10.1. The molecule has 1 aromatic carbocycles. The average Bonchev–Trinajstić information content (AvgIpc) is 1.93. The molecular weight excluding hydrogens is 277 g/mol. The lowest BCUT2D eigenvalue weighted by Gasteiger charge is -2.07. The average molecular weight is 282 g/mol. The number of hydrogen-bond donors (Lipinski definition) is 1. The summed E-state index contributed by atoms with van der Waals surface area (Å²) in [5.41, 5.74) is 0.582. The number of halogens is 1. The summed E-state index contributed by atoms with van der Waals surface area (Å²) in [6.45, 7) is 0. The third kappa shape index (κ3) is 3.17. The van der Waals surface area contributed by atoms with Crippen molar-refractivity contribution in [3.05, 3.63) is 27.8 Å². The van der Waals surface area contributed by atoms with Gasteiger partial charge in [0.1, 0.15) is 0 Å². The van der Waals surface area contributed by atoms with Gasteiger partial charge in [0.05, 0.1) is 0 Å². The van der Waals surface area contributed by atoms with E-state index >= 15 is 0 Å². The van der Waals surface area contributed by atoms with Crippen LogP contribution in [0.1, 0.15) is 0 Å².